The Labute approximate surface area is 110 Å². The Kier molecular flexibility index (Phi) is 7.13. The van der Waals surface area contributed by atoms with Crippen LogP contribution in [-0.4, -0.2) is 18.0 Å². The zero-order chi connectivity index (χ0) is 13.0. The van der Waals surface area contributed by atoms with Gasteiger partial charge in [-0.1, -0.05) is 32.2 Å². The van der Waals surface area contributed by atoms with E-state index in [4.69, 9.17) is 20.9 Å². The van der Waals surface area contributed by atoms with Crippen LogP contribution < -0.4 is 0 Å². The van der Waals surface area contributed by atoms with Gasteiger partial charge >= 0.3 is 0 Å². The Hall–Kier alpha value is 0.920. The quantitative estimate of drug-likeness (QED) is 0.649. The Bertz CT molecular complexity index is 233. The Morgan fingerprint density at radius 2 is 1.44 bits per heavy atom. The van der Waals surface area contributed by atoms with Gasteiger partial charge in [0.1, 0.15) is 0 Å². The smallest absolute Gasteiger partial charge is 0.247 e. The second-order valence-corrected chi connectivity index (χ2v) is 11.8. The third-order valence-electron chi connectivity index (χ3n) is 1.34. The highest BCUT2D eigenvalue weighted by molar-refractivity contribution is 8.67. The summed E-state index contributed by atoms with van der Waals surface area (Å²) in [7, 11) is 0. The molecular formula is C11H25O2PS2. The van der Waals surface area contributed by atoms with E-state index in [0.29, 0.717) is 0 Å². The van der Waals surface area contributed by atoms with Gasteiger partial charge < -0.3 is 9.05 Å². The summed E-state index contributed by atoms with van der Waals surface area (Å²) < 4.78 is 11.6. The van der Waals surface area contributed by atoms with Gasteiger partial charge in [0.05, 0.1) is 12.2 Å². The first-order valence-corrected chi connectivity index (χ1v) is 9.88. The predicted molar refractivity (Wildman–Crippen MR) is 78.6 cm³/mol. The molecule has 0 atom stereocenters. The van der Waals surface area contributed by atoms with Crippen LogP contribution in [0.4, 0.5) is 0 Å². The molecule has 0 fully saturated rings. The average molecular weight is 284 g/mol. The standard InChI is InChI=1S/C11H25O2PS2/c1-9(2)12-14(15,13-10(3)4)16-8-11(5,6)7/h9-10H,8H2,1-7H3. The van der Waals surface area contributed by atoms with E-state index in [-0.39, 0.29) is 17.6 Å². The minimum Gasteiger partial charge on any atom is -0.319 e. The van der Waals surface area contributed by atoms with Crippen molar-refractivity contribution in [3.8, 4) is 0 Å². The summed E-state index contributed by atoms with van der Waals surface area (Å²) in [6.07, 6.45) is 0.245. The topological polar surface area (TPSA) is 18.5 Å². The number of rotatable bonds is 6. The molecule has 0 aromatic carbocycles. The minimum atomic E-state index is -2.18. The van der Waals surface area contributed by atoms with Gasteiger partial charge in [-0.3, -0.25) is 0 Å². The first-order chi connectivity index (χ1) is 7.04. The van der Waals surface area contributed by atoms with Crippen LogP contribution in [0.1, 0.15) is 48.5 Å². The molecule has 0 aromatic rings. The van der Waals surface area contributed by atoms with Crippen molar-refractivity contribution in [3.63, 3.8) is 0 Å². The van der Waals surface area contributed by atoms with E-state index >= 15 is 0 Å². The molecule has 0 rings (SSSR count). The minimum absolute atomic E-state index is 0.122. The van der Waals surface area contributed by atoms with Crippen molar-refractivity contribution in [1.82, 2.24) is 0 Å². The van der Waals surface area contributed by atoms with Gasteiger partial charge in [-0.2, -0.15) is 0 Å². The molecule has 0 unspecified atom stereocenters. The summed E-state index contributed by atoms with van der Waals surface area (Å²) in [5.41, 5.74) is -1.93. The third kappa shape index (κ3) is 9.00. The zero-order valence-corrected chi connectivity index (χ0v) is 14.0. The molecule has 16 heavy (non-hydrogen) atoms. The second-order valence-electron chi connectivity index (χ2n) is 5.59. The maximum absolute atomic E-state index is 5.81. The van der Waals surface area contributed by atoms with Crippen molar-refractivity contribution in [1.29, 1.82) is 0 Å². The van der Waals surface area contributed by atoms with Gasteiger partial charge in [-0.15, -0.1) is 0 Å². The molecule has 0 radical (unpaired) electrons. The van der Waals surface area contributed by atoms with E-state index < -0.39 is 5.69 Å². The van der Waals surface area contributed by atoms with Gasteiger partial charge in [0.25, 0.3) is 0 Å². The van der Waals surface area contributed by atoms with Crippen molar-refractivity contribution in [2.24, 2.45) is 5.41 Å². The molecule has 0 saturated heterocycles. The molecule has 0 aromatic heterocycles. The average Bonchev–Trinajstić information content (AvgIpc) is 1.96. The summed E-state index contributed by atoms with van der Waals surface area (Å²) in [6.45, 7) is 14.6. The first-order valence-electron chi connectivity index (χ1n) is 5.65. The molecule has 0 spiro atoms. The summed E-state index contributed by atoms with van der Waals surface area (Å²) in [5, 5.41) is 0. The molecule has 2 nitrogen and oxygen atoms in total. The van der Waals surface area contributed by atoms with Crippen molar-refractivity contribution in [2.45, 2.75) is 60.7 Å². The lowest BCUT2D eigenvalue weighted by molar-refractivity contribution is 0.186. The van der Waals surface area contributed by atoms with Gasteiger partial charge in [0.2, 0.25) is 5.69 Å². The fourth-order valence-electron chi connectivity index (χ4n) is 0.875. The van der Waals surface area contributed by atoms with Gasteiger partial charge in [-0.05, 0) is 44.9 Å². The molecule has 0 aliphatic rings. The summed E-state index contributed by atoms with van der Waals surface area (Å²) in [4.78, 5) is 0. The molecule has 5 heteroatoms. The highest BCUT2D eigenvalue weighted by atomic mass is 32.9. The van der Waals surface area contributed by atoms with Gasteiger partial charge in [0, 0.05) is 5.75 Å². The highest BCUT2D eigenvalue weighted by Gasteiger charge is 2.26. The fourth-order valence-corrected chi connectivity index (χ4v) is 7.17. The molecule has 0 amide bonds. The van der Waals surface area contributed by atoms with Crippen LogP contribution in [0.25, 0.3) is 0 Å². The van der Waals surface area contributed by atoms with Crippen LogP contribution in [0.2, 0.25) is 0 Å². The predicted octanol–water partition coefficient (Wildman–Crippen LogP) is 4.84. The lowest BCUT2D eigenvalue weighted by Gasteiger charge is -2.28. The highest BCUT2D eigenvalue weighted by Crippen LogP contribution is 2.63. The maximum atomic E-state index is 5.81. The van der Waals surface area contributed by atoms with Crippen molar-refractivity contribution < 1.29 is 9.05 Å². The summed E-state index contributed by atoms with van der Waals surface area (Å²) in [6, 6.07) is 0. The lowest BCUT2D eigenvalue weighted by Crippen LogP contribution is -2.11. The van der Waals surface area contributed by atoms with E-state index in [1.54, 1.807) is 11.4 Å². The third-order valence-corrected chi connectivity index (χ3v) is 7.32. The molecule has 0 heterocycles. The number of hydrogen-bond acceptors (Lipinski definition) is 4. The maximum Gasteiger partial charge on any atom is 0.247 e. The molecular weight excluding hydrogens is 259 g/mol. The Morgan fingerprint density at radius 3 is 1.69 bits per heavy atom. The van der Waals surface area contributed by atoms with E-state index in [2.05, 4.69) is 20.8 Å². The molecule has 0 aliphatic carbocycles. The van der Waals surface area contributed by atoms with Crippen LogP contribution in [0, 0.1) is 5.41 Å². The van der Waals surface area contributed by atoms with Gasteiger partial charge in [0.15, 0.2) is 0 Å². The van der Waals surface area contributed by atoms with Crippen LogP contribution in [0.3, 0.4) is 0 Å². The fraction of sp³-hybridized carbons (Fsp3) is 1.00. The molecule has 0 aliphatic heterocycles. The van der Waals surface area contributed by atoms with Crippen molar-refractivity contribution in [3.05, 3.63) is 0 Å². The van der Waals surface area contributed by atoms with E-state index in [0.717, 1.165) is 5.75 Å². The Morgan fingerprint density at radius 1 is 1.06 bits per heavy atom. The van der Waals surface area contributed by atoms with Crippen LogP contribution in [-0.2, 0) is 20.9 Å². The van der Waals surface area contributed by atoms with E-state index in [1.165, 1.54) is 0 Å². The summed E-state index contributed by atoms with van der Waals surface area (Å²) in [5.74, 6) is 0.962. The van der Waals surface area contributed by atoms with Crippen LogP contribution in [0.15, 0.2) is 0 Å². The lowest BCUT2D eigenvalue weighted by atomic mass is 10.0. The number of hydrogen-bond donors (Lipinski definition) is 0. The van der Waals surface area contributed by atoms with Crippen molar-refractivity contribution >= 4 is 28.9 Å². The molecule has 98 valence electrons. The molecule has 0 bridgehead atoms. The van der Waals surface area contributed by atoms with E-state index in [1.807, 2.05) is 27.7 Å². The normalized spacial score (nSPS) is 13.8. The monoisotopic (exact) mass is 284 g/mol. The molecule has 0 N–H and O–H groups in total. The van der Waals surface area contributed by atoms with Gasteiger partial charge in [-0.25, -0.2) is 0 Å². The SMILES string of the molecule is CC(C)OP(=S)(OC(C)C)SCC(C)(C)C. The Balaban J connectivity index is 4.48. The zero-order valence-electron chi connectivity index (χ0n) is 11.4. The molecule has 0 saturated carbocycles. The van der Waals surface area contributed by atoms with Crippen LogP contribution in [0.5, 0.6) is 0 Å². The largest absolute Gasteiger partial charge is 0.319 e. The van der Waals surface area contributed by atoms with Crippen molar-refractivity contribution in [2.75, 3.05) is 5.75 Å². The summed E-state index contributed by atoms with van der Waals surface area (Å²) >= 11 is 7.22. The second kappa shape index (κ2) is 6.75. The van der Waals surface area contributed by atoms with Crippen LogP contribution >= 0.6 is 17.1 Å². The van der Waals surface area contributed by atoms with E-state index in [9.17, 15) is 0 Å². The first kappa shape index (κ1) is 16.9.